The summed E-state index contributed by atoms with van der Waals surface area (Å²) in [6, 6.07) is 6.57. The van der Waals surface area contributed by atoms with Crippen LogP contribution in [-0.2, 0) is 11.2 Å². The molecule has 2 heterocycles. The maximum absolute atomic E-state index is 6.06. The van der Waals surface area contributed by atoms with Gasteiger partial charge >= 0.3 is 0 Å². The van der Waals surface area contributed by atoms with Gasteiger partial charge in [-0.2, -0.15) is 0 Å². The number of nitrogens with two attached hydrogens (primary N) is 1. The Morgan fingerprint density at radius 3 is 3.06 bits per heavy atom. The number of hydrogen-bond donors (Lipinski definition) is 1. The molecule has 3 rings (SSSR count). The van der Waals surface area contributed by atoms with Crippen LogP contribution < -0.4 is 15.4 Å². The number of fused-ring (bicyclic) bond motifs is 1. The summed E-state index contributed by atoms with van der Waals surface area (Å²) in [4.78, 5) is 2.27. The van der Waals surface area contributed by atoms with Gasteiger partial charge in [-0.05, 0) is 24.5 Å². The second kappa shape index (κ2) is 4.78. The third-order valence-electron chi connectivity index (χ3n) is 3.88. The van der Waals surface area contributed by atoms with E-state index in [-0.39, 0.29) is 12.1 Å². The molecule has 4 heteroatoms. The highest BCUT2D eigenvalue weighted by atomic mass is 16.5. The highest BCUT2D eigenvalue weighted by Gasteiger charge is 2.30. The summed E-state index contributed by atoms with van der Waals surface area (Å²) >= 11 is 0. The van der Waals surface area contributed by atoms with E-state index in [1.807, 2.05) is 0 Å². The van der Waals surface area contributed by atoms with Gasteiger partial charge in [0.1, 0.15) is 5.75 Å². The van der Waals surface area contributed by atoms with Crippen LogP contribution in [0.1, 0.15) is 12.0 Å². The number of benzene rings is 1. The van der Waals surface area contributed by atoms with E-state index in [0.717, 1.165) is 38.3 Å². The summed E-state index contributed by atoms with van der Waals surface area (Å²) in [7, 11) is 1.73. The van der Waals surface area contributed by atoms with Crippen molar-refractivity contribution in [2.24, 2.45) is 5.73 Å². The Morgan fingerprint density at radius 1 is 1.39 bits per heavy atom. The lowest BCUT2D eigenvalue weighted by atomic mass is 10.1. The lowest BCUT2D eigenvalue weighted by Gasteiger charge is -2.22. The van der Waals surface area contributed by atoms with Crippen LogP contribution in [0.4, 0.5) is 5.69 Å². The topological polar surface area (TPSA) is 47.7 Å². The van der Waals surface area contributed by atoms with Crippen molar-refractivity contribution in [2.45, 2.75) is 25.0 Å². The molecule has 0 amide bonds. The monoisotopic (exact) mass is 248 g/mol. The fourth-order valence-corrected chi connectivity index (χ4v) is 2.78. The van der Waals surface area contributed by atoms with Crippen LogP contribution in [0.15, 0.2) is 18.2 Å². The summed E-state index contributed by atoms with van der Waals surface area (Å²) in [5.74, 6) is 1.04. The van der Waals surface area contributed by atoms with E-state index < -0.39 is 0 Å². The van der Waals surface area contributed by atoms with Crippen LogP contribution in [0.5, 0.6) is 5.75 Å². The van der Waals surface area contributed by atoms with Gasteiger partial charge < -0.3 is 20.1 Å². The molecule has 18 heavy (non-hydrogen) atoms. The molecule has 0 spiro atoms. The molecule has 0 unspecified atom stereocenters. The first-order valence-corrected chi connectivity index (χ1v) is 6.57. The van der Waals surface area contributed by atoms with E-state index in [4.69, 9.17) is 15.2 Å². The van der Waals surface area contributed by atoms with Crippen molar-refractivity contribution >= 4 is 5.69 Å². The van der Waals surface area contributed by atoms with Gasteiger partial charge in [0.2, 0.25) is 0 Å². The van der Waals surface area contributed by atoms with Crippen molar-refractivity contribution in [3.8, 4) is 5.75 Å². The zero-order valence-electron chi connectivity index (χ0n) is 10.8. The summed E-state index contributed by atoms with van der Waals surface area (Å²) in [5, 5.41) is 0. The minimum Gasteiger partial charge on any atom is -0.493 e. The fourth-order valence-electron chi connectivity index (χ4n) is 2.78. The van der Waals surface area contributed by atoms with Crippen molar-refractivity contribution in [2.75, 3.05) is 31.7 Å². The minimum absolute atomic E-state index is 0.0898. The lowest BCUT2D eigenvalue weighted by Crippen LogP contribution is -2.34. The van der Waals surface area contributed by atoms with Gasteiger partial charge in [0.15, 0.2) is 0 Å². The second-order valence-corrected chi connectivity index (χ2v) is 5.09. The minimum atomic E-state index is 0.0898. The van der Waals surface area contributed by atoms with Gasteiger partial charge in [0.25, 0.3) is 0 Å². The molecule has 1 fully saturated rings. The van der Waals surface area contributed by atoms with Gasteiger partial charge in [0.05, 0.1) is 18.8 Å². The van der Waals surface area contributed by atoms with E-state index in [0.29, 0.717) is 0 Å². The number of hydrogen-bond acceptors (Lipinski definition) is 4. The third kappa shape index (κ3) is 2.06. The van der Waals surface area contributed by atoms with Crippen molar-refractivity contribution in [1.82, 2.24) is 0 Å². The number of aryl methyl sites for hydroxylation is 1. The Bertz CT molecular complexity index is 436. The smallest absolute Gasteiger partial charge is 0.124 e. The summed E-state index contributed by atoms with van der Waals surface area (Å²) in [5.41, 5.74) is 8.56. The Labute approximate surface area is 108 Å². The Hall–Kier alpha value is -1.26. The second-order valence-electron chi connectivity index (χ2n) is 5.09. The quantitative estimate of drug-likeness (QED) is 0.853. The molecule has 2 aliphatic rings. The molecule has 1 aromatic carbocycles. The Balaban J connectivity index is 1.81. The molecule has 0 aromatic heterocycles. The Morgan fingerprint density at radius 2 is 2.28 bits per heavy atom. The van der Waals surface area contributed by atoms with Crippen LogP contribution in [0.2, 0.25) is 0 Å². The van der Waals surface area contributed by atoms with Crippen LogP contribution in [-0.4, -0.2) is 39.0 Å². The number of methoxy groups -OCH3 is 1. The molecule has 0 saturated carbocycles. The average molecular weight is 248 g/mol. The first-order chi connectivity index (χ1) is 8.78. The number of anilines is 1. The predicted molar refractivity (Wildman–Crippen MR) is 71.2 cm³/mol. The van der Waals surface area contributed by atoms with Crippen LogP contribution in [0.3, 0.4) is 0 Å². The fraction of sp³-hybridized carbons (Fsp3) is 0.571. The molecular formula is C14H20N2O2. The van der Waals surface area contributed by atoms with E-state index in [1.54, 1.807) is 7.11 Å². The standard InChI is InChI=1S/C14H20N2O2/c1-17-14-9-16(8-12(14)15)11-5-4-10-3-2-6-18-13(10)7-11/h4-5,7,12,14H,2-3,6,8-9,15H2,1H3/t12-,14-/m0/s1. The highest BCUT2D eigenvalue weighted by Crippen LogP contribution is 2.31. The molecule has 1 saturated heterocycles. The summed E-state index contributed by atoms with van der Waals surface area (Å²) in [6.45, 7) is 2.53. The lowest BCUT2D eigenvalue weighted by molar-refractivity contribution is 0.108. The van der Waals surface area contributed by atoms with Crippen LogP contribution in [0, 0.1) is 0 Å². The molecule has 0 bridgehead atoms. The molecule has 2 atom stereocenters. The molecule has 2 N–H and O–H groups in total. The van der Waals surface area contributed by atoms with Gasteiger partial charge in [-0.3, -0.25) is 0 Å². The van der Waals surface area contributed by atoms with Crippen LogP contribution >= 0.6 is 0 Å². The van der Waals surface area contributed by atoms with E-state index in [2.05, 4.69) is 23.1 Å². The molecule has 98 valence electrons. The van der Waals surface area contributed by atoms with Crippen molar-refractivity contribution in [1.29, 1.82) is 0 Å². The summed E-state index contributed by atoms with van der Waals surface area (Å²) in [6.07, 6.45) is 2.37. The van der Waals surface area contributed by atoms with E-state index >= 15 is 0 Å². The largest absolute Gasteiger partial charge is 0.493 e. The van der Waals surface area contributed by atoms with E-state index in [9.17, 15) is 0 Å². The summed E-state index contributed by atoms with van der Waals surface area (Å²) < 4.78 is 11.1. The SMILES string of the molecule is CO[C@H]1CN(c2ccc3c(c2)OCCC3)C[C@@H]1N. The zero-order valence-corrected chi connectivity index (χ0v) is 10.8. The molecular weight excluding hydrogens is 228 g/mol. The molecule has 2 aliphatic heterocycles. The first kappa shape index (κ1) is 11.8. The van der Waals surface area contributed by atoms with E-state index in [1.165, 1.54) is 11.3 Å². The normalized spacial score (nSPS) is 26.9. The molecule has 1 aromatic rings. The third-order valence-corrected chi connectivity index (χ3v) is 3.88. The molecule has 0 radical (unpaired) electrons. The maximum Gasteiger partial charge on any atom is 0.124 e. The van der Waals surface area contributed by atoms with Crippen molar-refractivity contribution in [3.05, 3.63) is 23.8 Å². The Kier molecular flexibility index (Phi) is 3.14. The highest BCUT2D eigenvalue weighted by molar-refractivity contribution is 5.55. The number of ether oxygens (including phenoxy) is 2. The zero-order chi connectivity index (χ0) is 12.5. The molecule has 0 aliphatic carbocycles. The van der Waals surface area contributed by atoms with Gasteiger partial charge in [-0.15, -0.1) is 0 Å². The van der Waals surface area contributed by atoms with Gasteiger partial charge in [0, 0.05) is 32.0 Å². The van der Waals surface area contributed by atoms with Crippen LogP contribution in [0.25, 0.3) is 0 Å². The van der Waals surface area contributed by atoms with Gasteiger partial charge in [-0.25, -0.2) is 0 Å². The first-order valence-electron chi connectivity index (χ1n) is 6.57. The number of nitrogens with zero attached hydrogens (tertiary/aromatic N) is 1. The van der Waals surface area contributed by atoms with Gasteiger partial charge in [-0.1, -0.05) is 6.07 Å². The predicted octanol–water partition coefficient (Wildman–Crippen LogP) is 1.17. The number of rotatable bonds is 2. The van der Waals surface area contributed by atoms with Crippen molar-refractivity contribution in [3.63, 3.8) is 0 Å². The maximum atomic E-state index is 6.06. The molecule has 4 nitrogen and oxygen atoms in total. The average Bonchev–Trinajstić information content (AvgIpc) is 2.79. The van der Waals surface area contributed by atoms with Crippen molar-refractivity contribution < 1.29 is 9.47 Å².